The molecule has 3 nitrogen and oxygen atoms in total. The maximum atomic E-state index is 9.31. The zero-order chi connectivity index (χ0) is 13.8. The van der Waals surface area contributed by atoms with Crippen molar-refractivity contribution in [2.24, 2.45) is 0 Å². The number of aryl methyl sites for hydroxylation is 2. The van der Waals surface area contributed by atoms with Gasteiger partial charge in [0.1, 0.15) is 0 Å². The standard InChI is InChI=1S/C16H26N2O/c1-12-4-5-13(2)16(10-12)18-8-6-14(3)17-11-15(18)7-9-19/h4-5,10,14-15,17,19H,6-9,11H2,1-3H3. The number of aliphatic hydroxyl groups is 1. The summed E-state index contributed by atoms with van der Waals surface area (Å²) in [6, 6.07) is 7.57. The Labute approximate surface area is 116 Å². The van der Waals surface area contributed by atoms with Crippen molar-refractivity contribution in [1.82, 2.24) is 5.32 Å². The van der Waals surface area contributed by atoms with Crippen molar-refractivity contribution in [3.63, 3.8) is 0 Å². The number of nitrogens with zero attached hydrogens (tertiary/aromatic N) is 1. The molecule has 2 unspecified atom stereocenters. The van der Waals surface area contributed by atoms with E-state index in [-0.39, 0.29) is 6.61 Å². The summed E-state index contributed by atoms with van der Waals surface area (Å²) in [5, 5.41) is 12.9. The Bertz CT molecular complexity index is 419. The summed E-state index contributed by atoms with van der Waals surface area (Å²) in [5.41, 5.74) is 3.95. The molecule has 0 spiro atoms. The summed E-state index contributed by atoms with van der Waals surface area (Å²) >= 11 is 0. The summed E-state index contributed by atoms with van der Waals surface area (Å²) in [7, 11) is 0. The molecule has 2 atom stereocenters. The van der Waals surface area contributed by atoms with Crippen LogP contribution in [0.25, 0.3) is 0 Å². The van der Waals surface area contributed by atoms with E-state index in [0.29, 0.717) is 12.1 Å². The minimum atomic E-state index is 0.252. The monoisotopic (exact) mass is 262 g/mol. The van der Waals surface area contributed by atoms with E-state index in [0.717, 1.165) is 25.9 Å². The molecule has 1 aliphatic rings. The second-order valence-corrected chi connectivity index (χ2v) is 5.75. The molecule has 1 aromatic rings. The van der Waals surface area contributed by atoms with E-state index >= 15 is 0 Å². The molecule has 0 bridgehead atoms. The summed E-state index contributed by atoms with van der Waals surface area (Å²) in [6.45, 7) is 8.82. The molecular formula is C16H26N2O. The fourth-order valence-electron chi connectivity index (χ4n) is 2.82. The maximum Gasteiger partial charge on any atom is 0.0451 e. The van der Waals surface area contributed by atoms with E-state index in [4.69, 9.17) is 0 Å². The van der Waals surface area contributed by atoms with Crippen molar-refractivity contribution in [2.45, 2.75) is 45.7 Å². The van der Waals surface area contributed by atoms with Gasteiger partial charge in [-0.2, -0.15) is 0 Å². The smallest absolute Gasteiger partial charge is 0.0451 e. The maximum absolute atomic E-state index is 9.31. The predicted molar refractivity (Wildman–Crippen MR) is 80.8 cm³/mol. The lowest BCUT2D eigenvalue weighted by molar-refractivity contribution is 0.272. The van der Waals surface area contributed by atoms with Gasteiger partial charge in [-0.05, 0) is 50.8 Å². The van der Waals surface area contributed by atoms with E-state index in [1.54, 1.807) is 0 Å². The number of hydrogen-bond acceptors (Lipinski definition) is 3. The highest BCUT2D eigenvalue weighted by atomic mass is 16.3. The highest BCUT2D eigenvalue weighted by Gasteiger charge is 2.24. The molecule has 0 amide bonds. The summed E-state index contributed by atoms with van der Waals surface area (Å²) in [6.07, 6.45) is 1.97. The molecule has 1 saturated heterocycles. The van der Waals surface area contributed by atoms with Gasteiger partial charge in [-0.3, -0.25) is 0 Å². The van der Waals surface area contributed by atoms with Crippen molar-refractivity contribution in [1.29, 1.82) is 0 Å². The first-order valence-corrected chi connectivity index (χ1v) is 7.30. The molecule has 1 heterocycles. The minimum Gasteiger partial charge on any atom is -0.396 e. The SMILES string of the molecule is Cc1ccc(C)c(N2CCC(C)NCC2CCO)c1. The van der Waals surface area contributed by atoms with E-state index < -0.39 is 0 Å². The number of nitrogens with one attached hydrogen (secondary N) is 1. The predicted octanol–water partition coefficient (Wildman–Crippen LogP) is 2.24. The zero-order valence-electron chi connectivity index (χ0n) is 12.3. The first-order chi connectivity index (χ1) is 9.11. The molecule has 1 aliphatic heterocycles. The molecule has 0 aromatic heterocycles. The molecule has 1 aromatic carbocycles. The zero-order valence-corrected chi connectivity index (χ0v) is 12.3. The summed E-state index contributed by atoms with van der Waals surface area (Å²) in [5.74, 6) is 0. The highest BCUT2D eigenvalue weighted by molar-refractivity contribution is 5.56. The third kappa shape index (κ3) is 3.48. The van der Waals surface area contributed by atoms with Crippen molar-refractivity contribution in [3.05, 3.63) is 29.3 Å². The van der Waals surface area contributed by atoms with Crippen molar-refractivity contribution in [2.75, 3.05) is 24.6 Å². The lowest BCUT2D eigenvalue weighted by atomic mass is 10.1. The topological polar surface area (TPSA) is 35.5 Å². The molecule has 0 aliphatic carbocycles. The molecule has 2 N–H and O–H groups in total. The molecular weight excluding hydrogens is 236 g/mol. The fourth-order valence-corrected chi connectivity index (χ4v) is 2.82. The van der Waals surface area contributed by atoms with Gasteiger partial charge in [-0.1, -0.05) is 12.1 Å². The van der Waals surface area contributed by atoms with Gasteiger partial charge in [0, 0.05) is 37.5 Å². The lowest BCUT2D eigenvalue weighted by Crippen LogP contribution is -2.41. The van der Waals surface area contributed by atoms with Crippen molar-refractivity contribution < 1.29 is 5.11 Å². The molecule has 3 heteroatoms. The first-order valence-electron chi connectivity index (χ1n) is 7.30. The Morgan fingerprint density at radius 2 is 2.16 bits per heavy atom. The molecule has 106 valence electrons. The number of benzene rings is 1. The van der Waals surface area contributed by atoms with Crippen LogP contribution in [-0.4, -0.2) is 36.9 Å². The largest absolute Gasteiger partial charge is 0.396 e. The third-order valence-corrected chi connectivity index (χ3v) is 4.08. The Kier molecular flexibility index (Phi) is 4.83. The van der Waals surface area contributed by atoms with Crippen molar-refractivity contribution >= 4 is 5.69 Å². The quantitative estimate of drug-likeness (QED) is 0.877. The van der Waals surface area contributed by atoms with Crippen LogP contribution in [-0.2, 0) is 0 Å². The average Bonchev–Trinajstić information content (AvgIpc) is 2.56. The average molecular weight is 262 g/mol. The number of anilines is 1. The molecule has 0 radical (unpaired) electrons. The van der Waals surface area contributed by atoms with Crippen LogP contribution < -0.4 is 10.2 Å². The van der Waals surface area contributed by atoms with Crippen LogP contribution in [0.2, 0.25) is 0 Å². The van der Waals surface area contributed by atoms with Crippen LogP contribution in [0.15, 0.2) is 18.2 Å². The van der Waals surface area contributed by atoms with Gasteiger partial charge in [0.2, 0.25) is 0 Å². The molecule has 2 rings (SSSR count). The van der Waals surface area contributed by atoms with E-state index in [1.807, 2.05) is 0 Å². The van der Waals surface area contributed by atoms with E-state index in [2.05, 4.69) is 49.2 Å². The van der Waals surface area contributed by atoms with Gasteiger partial charge in [-0.25, -0.2) is 0 Å². The lowest BCUT2D eigenvalue weighted by Gasteiger charge is -2.33. The Hall–Kier alpha value is -1.06. The normalized spacial score (nSPS) is 24.3. The van der Waals surface area contributed by atoms with Crippen LogP contribution in [0.3, 0.4) is 0 Å². The van der Waals surface area contributed by atoms with Gasteiger partial charge in [0.25, 0.3) is 0 Å². The van der Waals surface area contributed by atoms with Gasteiger partial charge in [-0.15, -0.1) is 0 Å². The Morgan fingerprint density at radius 3 is 2.89 bits per heavy atom. The van der Waals surface area contributed by atoms with E-state index in [9.17, 15) is 5.11 Å². The second-order valence-electron chi connectivity index (χ2n) is 5.75. The van der Waals surface area contributed by atoms with Gasteiger partial charge in [0.05, 0.1) is 0 Å². The van der Waals surface area contributed by atoms with Crippen LogP contribution in [0.4, 0.5) is 5.69 Å². The number of rotatable bonds is 3. The fraction of sp³-hybridized carbons (Fsp3) is 0.625. The highest BCUT2D eigenvalue weighted by Crippen LogP contribution is 2.26. The first kappa shape index (κ1) is 14.4. The second kappa shape index (κ2) is 6.40. The Balaban J connectivity index is 2.28. The van der Waals surface area contributed by atoms with Crippen molar-refractivity contribution in [3.8, 4) is 0 Å². The van der Waals surface area contributed by atoms with Gasteiger partial charge < -0.3 is 15.3 Å². The molecule has 1 fully saturated rings. The van der Waals surface area contributed by atoms with Crippen LogP contribution in [0, 0.1) is 13.8 Å². The number of aliphatic hydroxyl groups excluding tert-OH is 1. The summed E-state index contributed by atoms with van der Waals surface area (Å²) in [4.78, 5) is 2.48. The van der Waals surface area contributed by atoms with E-state index in [1.165, 1.54) is 16.8 Å². The van der Waals surface area contributed by atoms with Gasteiger partial charge >= 0.3 is 0 Å². The summed E-state index contributed by atoms with van der Waals surface area (Å²) < 4.78 is 0. The molecule has 0 saturated carbocycles. The minimum absolute atomic E-state index is 0.252. The number of hydrogen-bond donors (Lipinski definition) is 2. The third-order valence-electron chi connectivity index (χ3n) is 4.08. The van der Waals surface area contributed by atoms with Crippen LogP contribution in [0.1, 0.15) is 30.9 Å². The Morgan fingerprint density at radius 1 is 1.37 bits per heavy atom. The van der Waals surface area contributed by atoms with Gasteiger partial charge in [0.15, 0.2) is 0 Å². The van der Waals surface area contributed by atoms with Crippen LogP contribution in [0.5, 0.6) is 0 Å². The molecule has 19 heavy (non-hydrogen) atoms. The van der Waals surface area contributed by atoms with Crippen LogP contribution >= 0.6 is 0 Å².